The van der Waals surface area contributed by atoms with Crippen molar-refractivity contribution in [2.24, 2.45) is 11.8 Å². The summed E-state index contributed by atoms with van der Waals surface area (Å²) in [5, 5.41) is 3.74. The lowest BCUT2D eigenvalue weighted by Gasteiger charge is -2.45. The maximum atomic E-state index is 13.7. The fraction of sp³-hybridized carbons (Fsp3) is 0.760. The lowest BCUT2D eigenvalue weighted by Crippen LogP contribution is -2.56. The Bertz CT molecular complexity index is 899. The van der Waals surface area contributed by atoms with E-state index in [2.05, 4.69) is 41.0 Å². The number of amides is 3. The first kappa shape index (κ1) is 26.2. The average molecular weight is 506 g/mol. The number of likely N-dealkylation sites (N-methyl/N-ethyl adjacent to an activating group) is 2. The van der Waals surface area contributed by atoms with Crippen molar-refractivity contribution in [3.63, 3.8) is 0 Å². The summed E-state index contributed by atoms with van der Waals surface area (Å²) in [4.78, 5) is 36.6. The van der Waals surface area contributed by atoms with Gasteiger partial charge in [0.05, 0.1) is 11.6 Å². The average Bonchev–Trinajstić information content (AvgIpc) is 3.12. The number of hydrogen-bond donors (Lipinski definition) is 3. The molecule has 196 valence electrons. The largest absolute Gasteiger partial charge is 0.396 e. The van der Waals surface area contributed by atoms with Gasteiger partial charge in [0.25, 0.3) is 0 Å². The number of piperazine rings is 1. The molecule has 3 heterocycles. The minimum Gasteiger partial charge on any atom is -0.396 e. The van der Waals surface area contributed by atoms with Crippen LogP contribution in [0.5, 0.6) is 0 Å². The molecule has 1 aromatic rings. The Balaban J connectivity index is 1.37. The van der Waals surface area contributed by atoms with E-state index in [0.29, 0.717) is 36.6 Å². The second-order valence-corrected chi connectivity index (χ2v) is 11.7. The fourth-order valence-corrected chi connectivity index (χ4v) is 6.96. The molecular weight excluding hydrogens is 462 g/mol. The Morgan fingerprint density at radius 1 is 1.14 bits per heavy atom. The van der Waals surface area contributed by atoms with Crippen LogP contribution in [-0.2, 0) is 17.6 Å². The summed E-state index contributed by atoms with van der Waals surface area (Å²) in [5.41, 5.74) is 14.3. The van der Waals surface area contributed by atoms with Gasteiger partial charge in [0.15, 0.2) is 0 Å². The Morgan fingerprint density at radius 3 is 2.60 bits per heavy atom. The summed E-state index contributed by atoms with van der Waals surface area (Å²) in [6.45, 7) is 8.77. The third-order valence-corrected chi connectivity index (χ3v) is 9.22. The van der Waals surface area contributed by atoms with Crippen molar-refractivity contribution in [3.05, 3.63) is 10.4 Å². The number of piperidine rings is 1. The minimum atomic E-state index is -0.247. The summed E-state index contributed by atoms with van der Waals surface area (Å²) in [6, 6.07) is 0.147. The molecule has 2 fully saturated rings. The van der Waals surface area contributed by atoms with Gasteiger partial charge in [-0.15, -0.1) is 11.3 Å². The number of unbranched alkanes of at least 4 members (excludes halogenated alkanes) is 1. The SMILES string of the molecule is CCCCN(C(=O)NCCN1CCN(C)CC1)C(=O)[C@@H]1C[C@@H]2Cc3c(sc(N)c3N)C[C@H]2N(C)C1. The van der Waals surface area contributed by atoms with Crippen molar-refractivity contribution in [2.75, 3.05) is 77.9 Å². The molecule has 5 N–H and O–H groups in total. The van der Waals surface area contributed by atoms with E-state index in [-0.39, 0.29) is 17.9 Å². The minimum absolute atomic E-state index is 0.0375. The number of anilines is 2. The number of rotatable bonds is 7. The van der Waals surface area contributed by atoms with Gasteiger partial charge in [-0.25, -0.2) is 4.79 Å². The maximum Gasteiger partial charge on any atom is 0.324 e. The Hall–Kier alpha value is -1.88. The number of hydrogen-bond acceptors (Lipinski definition) is 8. The molecule has 3 aliphatic rings. The van der Waals surface area contributed by atoms with Gasteiger partial charge >= 0.3 is 6.03 Å². The molecule has 0 bridgehead atoms. The van der Waals surface area contributed by atoms with Gasteiger partial charge in [-0.1, -0.05) is 13.3 Å². The number of nitrogens with two attached hydrogens (primary N) is 2. The molecular formula is C25H43N7O2S. The number of thiophene rings is 1. The van der Waals surface area contributed by atoms with Crippen LogP contribution in [-0.4, -0.2) is 104 Å². The molecule has 0 aromatic carbocycles. The second-order valence-electron chi connectivity index (χ2n) is 10.6. The summed E-state index contributed by atoms with van der Waals surface area (Å²) in [5.74, 6) is 0.129. The van der Waals surface area contributed by atoms with Gasteiger partial charge in [0.1, 0.15) is 5.00 Å². The highest BCUT2D eigenvalue weighted by atomic mass is 32.1. The van der Waals surface area contributed by atoms with E-state index in [0.717, 1.165) is 70.5 Å². The zero-order valence-corrected chi connectivity index (χ0v) is 22.4. The van der Waals surface area contributed by atoms with Gasteiger partial charge in [-0.2, -0.15) is 0 Å². The van der Waals surface area contributed by atoms with Gasteiger partial charge < -0.3 is 26.6 Å². The van der Waals surface area contributed by atoms with Crippen LogP contribution >= 0.6 is 11.3 Å². The molecule has 0 saturated carbocycles. The molecule has 35 heavy (non-hydrogen) atoms. The molecule has 2 aliphatic heterocycles. The lowest BCUT2D eigenvalue weighted by atomic mass is 9.74. The van der Waals surface area contributed by atoms with Crippen LogP contribution in [0, 0.1) is 11.8 Å². The van der Waals surface area contributed by atoms with Crippen LogP contribution in [0.3, 0.4) is 0 Å². The predicted molar refractivity (Wildman–Crippen MR) is 143 cm³/mol. The van der Waals surface area contributed by atoms with Crippen LogP contribution in [0.1, 0.15) is 36.6 Å². The second kappa shape index (κ2) is 11.5. The number of urea groups is 1. The highest BCUT2D eigenvalue weighted by molar-refractivity contribution is 7.16. The van der Waals surface area contributed by atoms with Crippen LogP contribution < -0.4 is 16.8 Å². The van der Waals surface area contributed by atoms with E-state index in [1.807, 2.05) is 0 Å². The van der Waals surface area contributed by atoms with E-state index >= 15 is 0 Å². The molecule has 0 spiro atoms. The van der Waals surface area contributed by atoms with E-state index < -0.39 is 0 Å². The smallest absolute Gasteiger partial charge is 0.324 e. The molecule has 4 rings (SSSR count). The van der Waals surface area contributed by atoms with Gasteiger partial charge in [0.2, 0.25) is 5.91 Å². The number of nitrogens with one attached hydrogen (secondary N) is 1. The third-order valence-electron chi connectivity index (χ3n) is 8.12. The summed E-state index contributed by atoms with van der Waals surface area (Å²) >= 11 is 1.61. The lowest BCUT2D eigenvalue weighted by molar-refractivity contribution is -0.136. The van der Waals surface area contributed by atoms with Crippen molar-refractivity contribution >= 4 is 34.0 Å². The highest BCUT2D eigenvalue weighted by Gasteiger charge is 2.42. The molecule has 9 nitrogen and oxygen atoms in total. The normalized spacial score (nSPS) is 25.6. The van der Waals surface area contributed by atoms with Crippen molar-refractivity contribution in [1.82, 2.24) is 24.9 Å². The van der Waals surface area contributed by atoms with Crippen molar-refractivity contribution < 1.29 is 9.59 Å². The Morgan fingerprint density at radius 2 is 1.89 bits per heavy atom. The molecule has 1 aromatic heterocycles. The molecule has 1 aliphatic carbocycles. The zero-order chi connectivity index (χ0) is 25.1. The van der Waals surface area contributed by atoms with Crippen molar-refractivity contribution in [3.8, 4) is 0 Å². The molecule has 0 radical (unpaired) electrons. The monoisotopic (exact) mass is 505 g/mol. The van der Waals surface area contributed by atoms with E-state index in [9.17, 15) is 9.59 Å². The third kappa shape index (κ3) is 5.93. The number of nitrogens with zero attached hydrogens (tertiary/aromatic N) is 4. The number of fused-ring (bicyclic) bond motifs is 2. The van der Waals surface area contributed by atoms with E-state index in [1.54, 1.807) is 11.3 Å². The molecule has 2 saturated heterocycles. The molecule has 3 amide bonds. The van der Waals surface area contributed by atoms with Gasteiger partial charge in [-0.3, -0.25) is 14.6 Å². The van der Waals surface area contributed by atoms with Crippen LogP contribution in [0.25, 0.3) is 0 Å². The van der Waals surface area contributed by atoms with Crippen molar-refractivity contribution in [1.29, 1.82) is 0 Å². The molecule has 10 heteroatoms. The number of carbonyl (C=O) groups excluding carboxylic acids is 2. The number of carbonyl (C=O) groups is 2. The summed E-state index contributed by atoms with van der Waals surface area (Å²) in [6.07, 6.45) is 4.35. The van der Waals surface area contributed by atoms with Crippen LogP contribution in [0.4, 0.5) is 15.5 Å². The predicted octanol–water partition coefficient (Wildman–Crippen LogP) is 1.53. The molecule has 0 unspecified atom stereocenters. The number of nitrogen functional groups attached to an aromatic ring is 2. The topological polar surface area (TPSA) is 111 Å². The fourth-order valence-electron chi connectivity index (χ4n) is 5.89. The first-order valence-corrected chi connectivity index (χ1v) is 14.0. The van der Waals surface area contributed by atoms with Crippen LogP contribution in [0.15, 0.2) is 0 Å². The summed E-state index contributed by atoms with van der Waals surface area (Å²) < 4.78 is 0. The van der Waals surface area contributed by atoms with Gasteiger partial charge in [-0.05, 0) is 51.3 Å². The van der Waals surface area contributed by atoms with Gasteiger partial charge in [0, 0.05) is 63.3 Å². The van der Waals surface area contributed by atoms with Crippen molar-refractivity contribution in [2.45, 2.75) is 45.1 Å². The maximum absolute atomic E-state index is 13.7. The first-order valence-electron chi connectivity index (χ1n) is 13.1. The summed E-state index contributed by atoms with van der Waals surface area (Å²) in [7, 11) is 4.24. The standard InChI is InChI=1S/C25H43N7O2S/c1-4-5-7-32(25(34)28-6-8-31-11-9-29(2)10-12-31)24(33)18-13-17-14-19-21(35-23(27)22(19)26)15-20(17)30(3)16-18/h17-18,20H,4-16,26-27H2,1-3H3,(H,28,34)/t17-,18-,20-/m1/s1. The zero-order valence-electron chi connectivity index (χ0n) is 21.6. The quantitative estimate of drug-likeness (QED) is 0.515. The van der Waals surface area contributed by atoms with E-state index in [1.165, 1.54) is 15.3 Å². The Kier molecular flexibility index (Phi) is 8.57. The number of likely N-dealkylation sites (tertiary alicyclic amines) is 1. The van der Waals surface area contributed by atoms with Crippen LogP contribution in [0.2, 0.25) is 0 Å². The first-order chi connectivity index (χ1) is 16.8. The Labute approximate surface area is 213 Å². The van der Waals surface area contributed by atoms with E-state index in [4.69, 9.17) is 11.5 Å². The highest BCUT2D eigenvalue weighted by Crippen LogP contribution is 2.44. The number of imide groups is 1. The molecule has 3 atom stereocenters.